The molecule has 0 saturated heterocycles. The lowest BCUT2D eigenvalue weighted by molar-refractivity contribution is 0.262. The zero-order valence-corrected chi connectivity index (χ0v) is 20.6. The number of benzene rings is 4. The Morgan fingerprint density at radius 2 is 0.917 bits per heavy atom. The van der Waals surface area contributed by atoms with Crippen molar-refractivity contribution in [2.24, 2.45) is 0 Å². The predicted molar refractivity (Wildman–Crippen MR) is 143 cm³/mol. The van der Waals surface area contributed by atoms with Crippen molar-refractivity contribution in [2.45, 2.75) is 0 Å². The summed E-state index contributed by atoms with van der Waals surface area (Å²) in [7, 11) is 6.48. The third kappa shape index (κ3) is 5.52. The second-order valence-corrected chi connectivity index (χ2v) is 7.87. The van der Waals surface area contributed by atoms with Crippen LogP contribution in [0.25, 0.3) is 22.3 Å². The lowest BCUT2D eigenvalue weighted by Crippen LogP contribution is -2.19. The van der Waals surface area contributed by atoms with Crippen LogP contribution in [0.2, 0.25) is 0 Å². The average molecular weight is 485 g/mol. The van der Waals surface area contributed by atoms with Crippen LogP contribution in [0.15, 0.2) is 84.9 Å². The van der Waals surface area contributed by atoms with Crippen molar-refractivity contribution < 1.29 is 23.7 Å². The Balaban J connectivity index is 1.41. The van der Waals surface area contributed by atoms with Gasteiger partial charge in [-0.25, -0.2) is 4.79 Å². The molecule has 4 aromatic rings. The molecule has 2 amide bonds. The summed E-state index contributed by atoms with van der Waals surface area (Å²) >= 11 is 0. The Bertz CT molecular complexity index is 1230. The topological polar surface area (TPSA) is 78.1 Å². The van der Waals surface area contributed by atoms with Gasteiger partial charge in [-0.3, -0.25) is 0 Å². The van der Waals surface area contributed by atoms with Crippen molar-refractivity contribution >= 4 is 17.4 Å². The minimum Gasteiger partial charge on any atom is -0.497 e. The monoisotopic (exact) mass is 484 g/mol. The van der Waals surface area contributed by atoms with Crippen molar-refractivity contribution in [3.05, 3.63) is 84.9 Å². The first-order valence-electron chi connectivity index (χ1n) is 11.3. The van der Waals surface area contributed by atoms with E-state index in [2.05, 4.69) is 10.6 Å². The van der Waals surface area contributed by atoms with E-state index in [9.17, 15) is 4.79 Å². The number of amides is 2. The number of hydrogen-bond donors (Lipinski definition) is 2. The summed E-state index contributed by atoms with van der Waals surface area (Å²) in [4.78, 5) is 12.5. The third-order valence-electron chi connectivity index (χ3n) is 5.72. The molecule has 0 radical (unpaired) electrons. The lowest BCUT2D eigenvalue weighted by Gasteiger charge is -2.13. The van der Waals surface area contributed by atoms with Crippen LogP contribution in [-0.4, -0.2) is 34.5 Å². The lowest BCUT2D eigenvalue weighted by atomic mass is 10.0. The van der Waals surface area contributed by atoms with Gasteiger partial charge in [-0.2, -0.15) is 0 Å². The van der Waals surface area contributed by atoms with Crippen molar-refractivity contribution in [3.8, 4) is 45.3 Å². The molecule has 2 N–H and O–H groups in total. The summed E-state index contributed by atoms with van der Waals surface area (Å²) < 4.78 is 21.5. The maximum absolute atomic E-state index is 12.5. The fourth-order valence-corrected chi connectivity index (χ4v) is 3.83. The number of hydrogen-bond acceptors (Lipinski definition) is 5. The van der Waals surface area contributed by atoms with Gasteiger partial charge in [-0.05, 0) is 59.7 Å². The first kappa shape index (κ1) is 24.5. The first-order chi connectivity index (χ1) is 17.5. The Hall–Kier alpha value is -4.65. The molecule has 0 atom stereocenters. The molecule has 0 bridgehead atoms. The van der Waals surface area contributed by atoms with Crippen molar-refractivity contribution in [1.29, 1.82) is 0 Å². The van der Waals surface area contributed by atoms with Crippen LogP contribution in [-0.2, 0) is 0 Å². The van der Waals surface area contributed by atoms with Gasteiger partial charge in [-0.15, -0.1) is 0 Å². The second kappa shape index (κ2) is 11.2. The van der Waals surface area contributed by atoms with Gasteiger partial charge < -0.3 is 29.6 Å². The van der Waals surface area contributed by atoms with E-state index in [1.807, 2.05) is 84.9 Å². The number of ether oxygens (including phenoxy) is 4. The van der Waals surface area contributed by atoms with Crippen LogP contribution in [0, 0.1) is 0 Å². The normalized spacial score (nSPS) is 10.3. The van der Waals surface area contributed by atoms with Crippen molar-refractivity contribution in [2.75, 3.05) is 39.1 Å². The summed E-state index contributed by atoms with van der Waals surface area (Å²) in [6.45, 7) is 0. The van der Waals surface area contributed by atoms with Crippen LogP contribution >= 0.6 is 0 Å². The molecule has 7 heteroatoms. The van der Waals surface area contributed by atoms with Gasteiger partial charge in [0, 0.05) is 34.6 Å². The highest BCUT2D eigenvalue weighted by Gasteiger charge is 2.10. The van der Waals surface area contributed by atoms with E-state index in [1.54, 1.807) is 28.4 Å². The summed E-state index contributed by atoms with van der Waals surface area (Å²) in [5.41, 5.74) is 5.13. The van der Waals surface area contributed by atoms with E-state index in [0.29, 0.717) is 22.9 Å². The van der Waals surface area contributed by atoms with E-state index < -0.39 is 0 Å². The van der Waals surface area contributed by atoms with Crippen LogP contribution in [0.1, 0.15) is 0 Å². The Morgan fingerprint density at radius 3 is 1.25 bits per heavy atom. The predicted octanol–water partition coefficient (Wildman–Crippen LogP) is 6.70. The zero-order valence-electron chi connectivity index (χ0n) is 20.6. The van der Waals surface area contributed by atoms with Gasteiger partial charge in [0.25, 0.3) is 0 Å². The molecule has 0 aliphatic rings. The SMILES string of the molecule is COc1ccc(-c2ccc(NC(=O)Nc3ccc(-c4ccc(OC)cc4OC)cc3)cc2)c(OC)c1. The van der Waals surface area contributed by atoms with Crippen molar-refractivity contribution in [1.82, 2.24) is 0 Å². The largest absolute Gasteiger partial charge is 0.497 e. The molecule has 0 fully saturated rings. The van der Waals surface area contributed by atoms with Gasteiger partial charge in [0.2, 0.25) is 0 Å². The maximum Gasteiger partial charge on any atom is 0.323 e. The zero-order chi connectivity index (χ0) is 25.5. The van der Waals surface area contributed by atoms with Crippen LogP contribution in [0.3, 0.4) is 0 Å². The minimum atomic E-state index is -0.334. The second-order valence-electron chi connectivity index (χ2n) is 7.87. The molecule has 7 nitrogen and oxygen atoms in total. The minimum absolute atomic E-state index is 0.334. The fraction of sp³-hybridized carbons (Fsp3) is 0.138. The molecule has 0 aliphatic heterocycles. The summed E-state index contributed by atoms with van der Waals surface area (Å²) in [6, 6.07) is 26.1. The van der Waals surface area contributed by atoms with Crippen LogP contribution < -0.4 is 29.6 Å². The third-order valence-corrected chi connectivity index (χ3v) is 5.72. The maximum atomic E-state index is 12.5. The van der Waals surface area contributed by atoms with Gasteiger partial charge in [0.1, 0.15) is 23.0 Å². The summed E-state index contributed by atoms with van der Waals surface area (Å²) in [6.07, 6.45) is 0. The highest BCUT2D eigenvalue weighted by atomic mass is 16.5. The van der Waals surface area contributed by atoms with E-state index in [4.69, 9.17) is 18.9 Å². The number of methoxy groups -OCH3 is 4. The molecule has 0 aromatic heterocycles. The quantitative estimate of drug-likeness (QED) is 0.291. The molecule has 184 valence electrons. The standard InChI is InChI=1S/C29H28N2O5/c1-33-23-13-15-25(27(17-23)35-3)19-5-9-21(10-6-19)30-29(32)31-22-11-7-20(8-12-22)26-16-14-24(34-2)18-28(26)36-4/h5-18H,1-4H3,(H2,30,31,32). The Kier molecular flexibility index (Phi) is 7.60. The molecule has 36 heavy (non-hydrogen) atoms. The summed E-state index contributed by atoms with van der Waals surface area (Å²) in [5.74, 6) is 2.87. The van der Waals surface area contributed by atoms with Gasteiger partial charge in [-0.1, -0.05) is 24.3 Å². The Labute approximate surface area is 210 Å². The highest BCUT2D eigenvalue weighted by Crippen LogP contribution is 2.35. The van der Waals surface area contributed by atoms with Crippen molar-refractivity contribution in [3.63, 3.8) is 0 Å². The molecule has 0 saturated carbocycles. The Morgan fingerprint density at radius 1 is 0.528 bits per heavy atom. The molecule has 0 spiro atoms. The van der Waals surface area contributed by atoms with Crippen LogP contribution in [0.4, 0.5) is 16.2 Å². The molecule has 4 aromatic carbocycles. The molecular formula is C29H28N2O5. The van der Waals surface area contributed by atoms with E-state index in [0.717, 1.165) is 33.8 Å². The summed E-state index contributed by atoms with van der Waals surface area (Å²) in [5, 5.41) is 5.72. The first-order valence-corrected chi connectivity index (χ1v) is 11.3. The smallest absolute Gasteiger partial charge is 0.323 e. The van der Waals surface area contributed by atoms with E-state index >= 15 is 0 Å². The average Bonchev–Trinajstić information content (AvgIpc) is 2.93. The van der Waals surface area contributed by atoms with Crippen LogP contribution in [0.5, 0.6) is 23.0 Å². The van der Waals surface area contributed by atoms with E-state index in [1.165, 1.54) is 0 Å². The number of urea groups is 1. The van der Waals surface area contributed by atoms with Gasteiger partial charge in [0.05, 0.1) is 28.4 Å². The van der Waals surface area contributed by atoms with Gasteiger partial charge >= 0.3 is 6.03 Å². The number of nitrogens with one attached hydrogen (secondary N) is 2. The number of rotatable bonds is 8. The van der Waals surface area contributed by atoms with E-state index in [-0.39, 0.29) is 6.03 Å². The number of anilines is 2. The molecule has 0 aliphatic carbocycles. The fourth-order valence-electron chi connectivity index (χ4n) is 3.83. The molecule has 4 rings (SSSR count). The van der Waals surface area contributed by atoms with Gasteiger partial charge in [0.15, 0.2) is 0 Å². The highest BCUT2D eigenvalue weighted by molar-refractivity contribution is 6.00. The number of carbonyl (C=O) groups is 1. The molecule has 0 unspecified atom stereocenters. The molecule has 0 heterocycles. The molecular weight excluding hydrogens is 456 g/mol. The number of carbonyl (C=O) groups excluding carboxylic acids is 1.